The molecule has 0 bridgehead atoms. The van der Waals surface area contributed by atoms with Crippen molar-refractivity contribution in [3.05, 3.63) is 67.2 Å². The Hall–Kier alpha value is -3.24. The molecule has 2 N–H and O–H groups in total. The molecular weight excluding hydrogens is 470 g/mol. The summed E-state index contributed by atoms with van der Waals surface area (Å²) in [6, 6.07) is 9.40. The van der Waals surface area contributed by atoms with Gasteiger partial charge in [-0.15, -0.1) is 11.3 Å². The zero-order chi connectivity index (χ0) is 26.1. The molecule has 0 saturated carbocycles. The fourth-order valence-electron chi connectivity index (χ4n) is 3.89. The van der Waals surface area contributed by atoms with Crippen LogP contribution in [0.2, 0.25) is 0 Å². The molecule has 3 rings (SSSR count). The van der Waals surface area contributed by atoms with Crippen molar-refractivity contribution in [2.45, 2.75) is 65.8 Å². The van der Waals surface area contributed by atoms with Gasteiger partial charge in [-0.1, -0.05) is 30.3 Å². The molecule has 0 unspecified atom stereocenters. The topological polar surface area (TPSA) is 123 Å². The second kappa shape index (κ2) is 10.2. The van der Waals surface area contributed by atoms with Crippen molar-refractivity contribution < 1.29 is 19.1 Å². The first kappa shape index (κ1) is 26.4. The number of hydrogen-bond acceptors (Lipinski definition) is 7. The van der Waals surface area contributed by atoms with Crippen molar-refractivity contribution in [1.82, 2.24) is 9.13 Å². The Morgan fingerprint density at radius 3 is 2.31 bits per heavy atom. The second-order valence-corrected chi connectivity index (χ2v) is 10.00. The van der Waals surface area contributed by atoms with E-state index in [4.69, 9.17) is 15.2 Å². The van der Waals surface area contributed by atoms with Gasteiger partial charge in [0.1, 0.15) is 21.4 Å². The fraction of sp³-hybridized carbons (Fsp3) is 0.440. The highest BCUT2D eigenvalue weighted by molar-refractivity contribution is 7.20. The van der Waals surface area contributed by atoms with Crippen LogP contribution in [-0.2, 0) is 26.4 Å². The van der Waals surface area contributed by atoms with E-state index in [9.17, 15) is 19.2 Å². The Morgan fingerprint density at radius 1 is 1.14 bits per heavy atom. The van der Waals surface area contributed by atoms with E-state index in [1.165, 1.54) is 18.4 Å². The van der Waals surface area contributed by atoms with Gasteiger partial charge in [-0.3, -0.25) is 14.2 Å². The predicted octanol–water partition coefficient (Wildman–Crippen LogP) is 3.10. The van der Waals surface area contributed by atoms with Gasteiger partial charge in [-0.25, -0.2) is 14.2 Å². The summed E-state index contributed by atoms with van der Waals surface area (Å²) < 4.78 is 13.6. The van der Waals surface area contributed by atoms with Crippen LogP contribution in [0.4, 0.5) is 0 Å². The van der Waals surface area contributed by atoms with Gasteiger partial charge in [0.05, 0.1) is 24.6 Å². The average molecular weight is 502 g/mol. The minimum absolute atomic E-state index is 0.0505. The highest BCUT2D eigenvalue weighted by Gasteiger charge is 2.35. The van der Waals surface area contributed by atoms with Crippen molar-refractivity contribution in [1.29, 1.82) is 0 Å². The highest BCUT2D eigenvalue weighted by atomic mass is 32.1. The Kier molecular flexibility index (Phi) is 7.66. The first-order valence-corrected chi connectivity index (χ1v) is 12.2. The first-order chi connectivity index (χ1) is 16.4. The first-order valence-electron chi connectivity index (χ1n) is 11.4. The summed E-state index contributed by atoms with van der Waals surface area (Å²) in [6.07, 6.45) is -0.687. The SMILES string of the molecule is CCOC(=O)c1sc2c(c1C)c(=O)n(C(C)(C)C(N)=O)c(=O)n2C[C@@H](OC(C)C)c1ccccc1. The van der Waals surface area contributed by atoms with E-state index in [0.717, 1.165) is 21.5 Å². The summed E-state index contributed by atoms with van der Waals surface area (Å²) in [4.78, 5) is 52.8. The molecule has 2 heterocycles. The van der Waals surface area contributed by atoms with E-state index >= 15 is 0 Å². The molecule has 0 radical (unpaired) electrons. The molecule has 0 fully saturated rings. The molecule has 35 heavy (non-hydrogen) atoms. The predicted molar refractivity (Wildman–Crippen MR) is 135 cm³/mol. The number of primary amides is 1. The molecule has 0 saturated heterocycles. The normalized spacial score (nSPS) is 12.8. The minimum Gasteiger partial charge on any atom is -0.462 e. The number of hydrogen-bond donors (Lipinski definition) is 1. The maximum Gasteiger partial charge on any atom is 0.348 e. The van der Waals surface area contributed by atoms with E-state index in [-0.39, 0.29) is 29.5 Å². The van der Waals surface area contributed by atoms with Crippen molar-refractivity contribution in [2.24, 2.45) is 5.73 Å². The van der Waals surface area contributed by atoms with Crippen LogP contribution in [0.25, 0.3) is 10.2 Å². The fourth-order valence-corrected chi connectivity index (χ4v) is 5.09. The molecule has 2 aromatic heterocycles. The third-order valence-electron chi connectivity index (χ3n) is 5.79. The number of ether oxygens (including phenoxy) is 2. The number of fused-ring (bicyclic) bond motifs is 1. The molecule has 1 amide bonds. The number of rotatable bonds is 9. The van der Waals surface area contributed by atoms with Crippen molar-refractivity contribution in [2.75, 3.05) is 6.61 Å². The number of carbonyl (C=O) groups excluding carboxylic acids is 2. The van der Waals surface area contributed by atoms with E-state index < -0.39 is 34.8 Å². The Morgan fingerprint density at radius 2 is 1.77 bits per heavy atom. The van der Waals surface area contributed by atoms with E-state index in [0.29, 0.717) is 10.4 Å². The molecule has 1 aromatic carbocycles. The maximum absolute atomic E-state index is 13.8. The lowest BCUT2D eigenvalue weighted by molar-refractivity contribution is -0.125. The Bertz CT molecular complexity index is 1370. The quantitative estimate of drug-likeness (QED) is 0.450. The molecule has 0 aliphatic carbocycles. The molecule has 3 aromatic rings. The summed E-state index contributed by atoms with van der Waals surface area (Å²) >= 11 is 1.01. The molecule has 0 spiro atoms. The number of amides is 1. The van der Waals surface area contributed by atoms with Crippen molar-refractivity contribution >= 4 is 33.4 Å². The van der Waals surface area contributed by atoms with Gasteiger partial charge in [0, 0.05) is 0 Å². The largest absolute Gasteiger partial charge is 0.462 e. The smallest absolute Gasteiger partial charge is 0.348 e. The van der Waals surface area contributed by atoms with Crippen LogP contribution in [0.3, 0.4) is 0 Å². The zero-order valence-corrected chi connectivity index (χ0v) is 21.6. The molecule has 9 nitrogen and oxygen atoms in total. The molecule has 0 aliphatic heterocycles. The van der Waals surface area contributed by atoms with E-state index in [2.05, 4.69) is 0 Å². The zero-order valence-electron chi connectivity index (χ0n) is 20.8. The number of thiophene rings is 1. The van der Waals surface area contributed by atoms with Crippen LogP contribution in [0.15, 0.2) is 39.9 Å². The van der Waals surface area contributed by atoms with Crippen molar-refractivity contribution in [3.8, 4) is 0 Å². The van der Waals surface area contributed by atoms with Gasteiger partial charge in [-0.2, -0.15) is 0 Å². The standard InChI is InChI=1S/C25H31N3O6S/c1-7-33-22(30)19-15(4)18-20(29)28(25(5,6)23(26)31)24(32)27(21(18)35-19)13-17(34-14(2)3)16-11-9-8-10-12-16/h8-12,14,17H,7,13H2,1-6H3,(H2,26,31)/t17-/m1/s1. The summed E-state index contributed by atoms with van der Waals surface area (Å²) in [5, 5.41) is 0.170. The van der Waals surface area contributed by atoms with E-state index in [1.807, 2.05) is 44.2 Å². The van der Waals surface area contributed by atoms with Crippen LogP contribution in [0, 0.1) is 6.92 Å². The molecule has 188 valence electrons. The molecule has 10 heteroatoms. The molecular formula is C25H31N3O6S. The molecule has 0 aliphatic rings. The number of nitrogens with two attached hydrogens (primary N) is 1. The number of esters is 1. The van der Waals surface area contributed by atoms with Crippen LogP contribution < -0.4 is 17.0 Å². The Balaban J connectivity index is 2.38. The molecule has 1 atom stereocenters. The second-order valence-electron chi connectivity index (χ2n) is 9.00. The van der Waals surface area contributed by atoms with E-state index in [1.54, 1.807) is 13.8 Å². The van der Waals surface area contributed by atoms with Crippen LogP contribution >= 0.6 is 11.3 Å². The minimum atomic E-state index is -1.61. The summed E-state index contributed by atoms with van der Waals surface area (Å²) in [6.45, 7) is 10.1. The van der Waals surface area contributed by atoms with Crippen LogP contribution in [-0.4, -0.2) is 33.7 Å². The van der Waals surface area contributed by atoms with Gasteiger partial charge in [0.2, 0.25) is 5.91 Å². The van der Waals surface area contributed by atoms with Crippen molar-refractivity contribution in [3.63, 3.8) is 0 Å². The summed E-state index contributed by atoms with van der Waals surface area (Å²) in [5.74, 6) is -1.41. The lowest BCUT2D eigenvalue weighted by atomic mass is 10.0. The number of carbonyl (C=O) groups is 2. The summed E-state index contributed by atoms with van der Waals surface area (Å²) in [7, 11) is 0. The monoisotopic (exact) mass is 501 g/mol. The van der Waals surface area contributed by atoms with Gasteiger partial charge in [-0.05, 0) is 52.7 Å². The van der Waals surface area contributed by atoms with Gasteiger partial charge in [0.15, 0.2) is 0 Å². The van der Waals surface area contributed by atoms with Crippen LogP contribution in [0.5, 0.6) is 0 Å². The number of aryl methyl sites for hydroxylation is 1. The maximum atomic E-state index is 13.8. The van der Waals surface area contributed by atoms with Gasteiger partial charge in [0.25, 0.3) is 5.56 Å². The summed E-state index contributed by atoms with van der Waals surface area (Å²) in [5.41, 5.74) is 3.80. The van der Waals surface area contributed by atoms with Crippen LogP contribution in [0.1, 0.15) is 61.5 Å². The Labute approximate surface area is 207 Å². The highest BCUT2D eigenvalue weighted by Crippen LogP contribution is 2.31. The number of benzene rings is 1. The lowest BCUT2D eigenvalue weighted by Crippen LogP contribution is -2.54. The lowest BCUT2D eigenvalue weighted by Gasteiger charge is -2.26. The number of aromatic nitrogens is 2. The average Bonchev–Trinajstić information content (AvgIpc) is 3.13. The van der Waals surface area contributed by atoms with Gasteiger partial charge >= 0.3 is 11.7 Å². The third-order valence-corrected chi connectivity index (χ3v) is 7.09. The van der Waals surface area contributed by atoms with Gasteiger partial charge < -0.3 is 15.2 Å². The number of nitrogens with zero attached hydrogens (tertiary/aromatic N) is 2. The third kappa shape index (κ3) is 4.94.